The lowest BCUT2D eigenvalue weighted by molar-refractivity contribution is -0.385. The number of hydrogen-bond donors (Lipinski definition) is 2. The lowest BCUT2D eigenvalue weighted by Crippen LogP contribution is -2.27. The van der Waals surface area contributed by atoms with Gasteiger partial charge in [-0.05, 0) is 24.8 Å². The van der Waals surface area contributed by atoms with Crippen LogP contribution >= 0.6 is 0 Å². The van der Waals surface area contributed by atoms with Crippen LogP contribution in [-0.4, -0.2) is 23.2 Å². The summed E-state index contributed by atoms with van der Waals surface area (Å²) in [4.78, 5) is 10.2. The number of aromatic hydroxyl groups is 1. The Morgan fingerprint density at radius 2 is 2.11 bits per heavy atom. The van der Waals surface area contributed by atoms with E-state index >= 15 is 0 Å². The van der Waals surface area contributed by atoms with Crippen molar-refractivity contribution >= 4 is 5.69 Å². The minimum absolute atomic E-state index is 0.0135. The Balaban J connectivity index is 2.25. The van der Waals surface area contributed by atoms with Crippen molar-refractivity contribution in [3.63, 3.8) is 0 Å². The van der Waals surface area contributed by atoms with Crippen LogP contribution in [0.5, 0.6) is 5.75 Å². The molecule has 0 aromatic heterocycles. The van der Waals surface area contributed by atoms with Gasteiger partial charge in [-0.15, -0.1) is 0 Å². The zero-order valence-corrected chi connectivity index (χ0v) is 9.91. The van der Waals surface area contributed by atoms with Crippen LogP contribution in [0, 0.1) is 16.0 Å². The number of nitrogens with zero attached hydrogens (tertiary/aromatic N) is 1. The summed E-state index contributed by atoms with van der Waals surface area (Å²) in [6.45, 7) is 1.29. The van der Waals surface area contributed by atoms with Crippen LogP contribution in [0.25, 0.3) is 0 Å². The fraction of sp³-hybridized carbons (Fsp3) is 0.500. The van der Waals surface area contributed by atoms with Gasteiger partial charge in [0.2, 0.25) is 0 Å². The number of phenolic OH excluding ortho intramolecular Hbond substituents is 1. The zero-order chi connectivity index (χ0) is 13.1. The van der Waals surface area contributed by atoms with Crippen LogP contribution in [0.2, 0.25) is 0 Å². The number of rotatable bonds is 3. The van der Waals surface area contributed by atoms with E-state index in [-0.39, 0.29) is 17.4 Å². The molecule has 18 heavy (non-hydrogen) atoms. The van der Waals surface area contributed by atoms with Gasteiger partial charge in [-0.3, -0.25) is 10.1 Å². The summed E-state index contributed by atoms with van der Waals surface area (Å²) in [5.41, 5.74) is 6.49. The molecular formula is C12H16N2O4. The molecule has 1 fully saturated rings. The molecule has 2 rings (SSSR count). The van der Waals surface area contributed by atoms with E-state index in [1.54, 1.807) is 0 Å². The summed E-state index contributed by atoms with van der Waals surface area (Å²) in [6.07, 6.45) is 1.62. The molecule has 0 saturated carbocycles. The highest BCUT2D eigenvalue weighted by Crippen LogP contribution is 2.34. The van der Waals surface area contributed by atoms with E-state index in [0.717, 1.165) is 12.8 Å². The number of nitro benzene ring substituents is 1. The minimum Gasteiger partial charge on any atom is -0.508 e. The van der Waals surface area contributed by atoms with Crippen molar-refractivity contribution in [2.24, 2.45) is 11.7 Å². The predicted octanol–water partition coefficient (Wildman–Crippen LogP) is 1.73. The molecule has 1 aromatic rings. The summed E-state index contributed by atoms with van der Waals surface area (Å²) in [6, 6.07) is 3.56. The quantitative estimate of drug-likeness (QED) is 0.630. The summed E-state index contributed by atoms with van der Waals surface area (Å²) < 4.78 is 5.25. The van der Waals surface area contributed by atoms with Gasteiger partial charge < -0.3 is 15.6 Å². The highest BCUT2D eigenvalue weighted by atomic mass is 16.6. The van der Waals surface area contributed by atoms with Crippen molar-refractivity contribution in [1.29, 1.82) is 0 Å². The minimum atomic E-state index is -0.486. The average Bonchev–Trinajstić information content (AvgIpc) is 2.39. The number of phenols is 1. The highest BCUT2D eigenvalue weighted by Gasteiger charge is 2.25. The Hall–Kier alpha value is -1.66. The van der Waals surface area contributed by atoms with Crippen LogP contribution < -0.4 is 5.73 Å². The first-order valence-corrected chi connectivity index (χ1v) is 5.90. The fourth-order valence-corrected chi connectivity index (χ4v) is 2.25. The number of nitrogens with two attached hydrogens (primary N) is 1. The molecule has 6 heteroatoms. The Kier molecular flexibility index (Phi) is 3.78. The summed E-state index contributed by atoms with van der Waals surface area (Å²) >= 11 is 0. The molecule has 6 nitrogen and oxygen atoms in total. The molecule has 0 aliphatic carbocycles. The average molecular weight is 252 g/mol. The maximum atomic E-state index is 10.7. The lowest BCUT2D eigenvalue weighted by atomic mass is 9.87. The van der Waals surface area contributed by atoms with Gasteiger partial charge in [0.1, 0.15) is 5.75 Å². The molecule has 0 bridgehead atoms. The van der Waals surface area contributed by atoms with E-state index in [2.05, 4.69) is 0 Å². The van der Waals surface area contributed by atoms with Gasteiger partial charge in [-0.25, -0.2) is 0 Å². The summed E-state index contributed by atoms with van der Waals surface area (Å²) in [5.74, 6) is 0.200. The van der Waals surface area contributed by atoms with Crippen molar-refractivity contribution in [3.05, 3.63) is 33.9 Å². The van der Waals surface area contributed by atoms with E-state index in [1.807, 2.05) is 0 Å². The van der Waals surface area contributed by atoms with E-state index in [1.165, 1.54) is 18.2 Å². The van der Waals surface area contributed by atoms with Crippen LogP contribution in [-0.2, 0) is 4.74 Å². The Bertz CT molecular complexity index is 444. The molecule has 0 unspecified atom stereocenters. The molecule has 3 N–H and O–H groups in total. The Morgan fingerprint density at radius 1 is 1.44 bits per heavy atom. The SMILES string of the molecule is N[C@H](c1cc([N+](=O)[O-])ccc1O)C1CCOCC1. The van der Waals surface area contributed by atoms with Gasteiger partial charge in [0.15, 0.2) is 0 Å². The third kappa shape index (κ3) is 2.60. The maximum absolute atomic E-state index is 10.7. The number of ether oxygens (including phenoxy) is 1. The van der Waals surface area contributed by atoms with Crippen molar-refractivity contribution in [2.75, 3.05) is 13.2 Å². The molecule has 0 radical (unpaired) electrons. The summed E-state index contributed by atoms with van der Waals surface area (Å²) in [5, 5.41) is 20.5. The molecule has 98 valence electrons. The number of non-ortho nitro benzene ring substituents is 1. The largest absolute Gasteiger partial charge is 0.508 e. The number of nitro groups is 1. The molecule has 1 aliphatic rings. The lowest BCUT2D eigenvalue weighted by Gasteiger charge is -2.28. The maximum Gasteiger partial charge on any atom is 0.270 e. The molecule has 0 amide bonds. The van der Waals surface area contributed by atoms with E-state index in [0.29, 0.717) is 18.8 Å². The molecule has 1 aliphatic heterocycles. The van der Waals surface area contributed by atoms with Crippen molar-refractivity contribution in [3.8, 4) is 5.75 Å². The molecule has 1 heterocycles. The van der Waals surface area contributed by atoms with Crippen LogP contribution in [0.15, 0.2) is 18.2 Å². The van der Waals surface area contributed by atoms with Gasteiger partial charge in [0.05, 0.1) is 4.92 Å². The van der Waals surface area contributed by atoms with E-state index in [4.69, 9.17) is 10.5 Å². The van der Waals surface area contributed by atoms with Gasteiger partial charge in [0.25, 0.3) is 5.69 Å². The van der Waals surface area contributed by atoms with Crippen LogP contribution in [0.1, 0.15) is 24.4 Å². The molecule has 1 aromatic carbocycles. The monoisotopic (exact) mass is 252 g/mol. The predicted molar refractivity (Wildman–Crippen MR) is 65.2 cm³/mol. The standard InChI is InChI=1S/C12H16N2O4/c13-12(8-3-5-18-6-4-8)10-7-9(14(16)17)1-2-11(10)15/h1-2,7-8,12,15H,3-6,13H2/t12-/m0/s1. The third-order valence-corrected chi connectivity index (χ3v) is 3.35. The van der Waals surface area contributed by atoms with Crippen molar-refractivity contribution in [1.82, 2.24) is 0 Å². The zero-order valence-electron chi connectivity index (χ0n) is 9.91. The Morgan fingerprint density at radius 3 is 2.72 bits per heavy atom. The first-order chi connectivity index (χ1) is 8.59. The second-order valence-corrected chi connectivity index (χ2v) is 4.48. The third-order valence-electron chi connectivity index (χ3n) is 3.35. The normalized spacial score (nSPS) is 18.5. The summed E-state index contributed by atoms with van der Waals surface area (Å²) in [7, 11) is 0. The first-order valence-electron chi connectivity index (χ1n) is 5.90. The topological polar surface area (TPSA) is 98.6 Å². The second-order valence-electron chi connectivity index (χ2n) is 4.48. The first kappa shape index (κ1) is 12.8. The number of hydrogen-bond acceptors (Lipinski definition) is 5. The second kappa shape index (κ2) is 5.32. The van der Waals surface area contributed by atoms with Gasteiger partial charge in [0, 0.05) is 37.0 Å². The van der Waals surface area contributed by atoms with E-state index in [9.17, 15) is 15.2 Å². The van der Waals surface area contributed by atoms with Crippen molar-refractivity contribution < 1.29 is 14.8 Å². The molecule has 1 atom stereocenters. The van der Waals surface area contributed by atoms with Gasteiger partial charge in [-0.1, -0.05) is 0 Å². The number of benzene rings is 1. The highest BCUT2D eigenvalue weighted by molar-refractivity contribution is 5.44. The van der Waals surface area contributed by atoms with Crippen LogP contribution in [0.4, 0.5) is 5.69 Å². The molecule has 1 saturated heterocycles. The van der Waals surface area contributed by atoms with Crippen LogP contribution in [0.3, 0.4) is 0 Å². The fourth-order valence-electron chi connectivity index (χ4n) is 2.25. The molecule has 0 spiro atoms. The van der Waals surface area contributed by atoms with Gasteiger partial charge >= 0.3 is 0 Å². The smallest absolute Gasteiger partial charge is 0.270 e. The molecular weight excluding hydrogens is 236 g/mol. The van der Waals surface area contributed by atoms with E-state index < -0.39 is 11.0 Å². The Labute approximate surface area is 105 Å². The van der Waals surface area contributed by atoms with Crippen molar-refractivity contribution in [2.45, 2.75) is 18.9 Å². The van der Waals surface area contributed by atoms with Gasteiger partial charge in [-0.2, -0.15) is 0 Å².